The van der Waals surface area contributed by atoms with Crippen LogP contribution in [0.15, 0.2) is 16.9 Å². The SMILES string of the molecule is N=S1(=O)CCC(n2cc(Br)cn2)CC1. The molecule has 0 amide bonds. The molecule has 14 heavy (non-hydrogen) atoms. The van der Waals surface area contributed by atoms with Crippen LogP contribution in [0.5, 0.6) is 0 Å². The Bertz CT molecular complexity index is 412. The van der Waals surface area contributed by atoms with Crippen molar-refractivity contribution in [2.24, 2.45) is 0 Å². The molecule has 0 spiro atoms. The van der Waals surface area contributed by atoms with Gasteiger partial charge < -0.3 is 0 Å². The maximum Gasteiger partial charge on any atom is 0.0632 e. The fraction of sp³-hybridized carbons (Fsp3) is 0.625. The van der Waals surface area contributed by atoms with Crippen LogP contribution in [0.1, 0.15) is 18.9 Å². The molecule has 1 aliphatic rings. The third-order valence-corrected chi connectivity index (χ3v) is 4.71. The number of hydrogen-bond donors (Lipinski definition) is 1. The Kier molecular flexibility index (Phi) is 2.66. The summed E-state index contributed by atoms with van der Waals surface area (Å²) < 4.78 is 21.8. The van der Waals surface area contributed by atoms with Gasteiger partial charge in [0.1, 0.15) is 0 Å². The Hall–Kier alpha value is -0.360. The molecule has 6 heteroatoms. The van der Waals surface area contributed by atoms with E-state index in [4.69, 9.17) is 4.78 Å². The summed E-state index contributed by atoms with van der Waals surface area (Å²) in [4.78, 5) is 0. The number of hydrogen-bond acceptors (Lipinski definition) is 3. The summed E-state index contributed by atoms with van der Waals surface area (Å²) in [5.74, 6) is 1.02. The minimum Gasteiger partial charge on any atom is -0.268 e. The molecule has 0 radical (unpaired) electrons. The van der Waals surface area contributed by atoms with Gasteiger partial charge >= 0.3 is 0 Å². The predicted molar refractivity (Wildman–Crippen MR) is 58.8 cm³/mol. The lowest BCUT2D eigenvalue weighted by atomic mass is 10.2. The van der Waals surface area contributed by atoms with Crippen LogP contribution in [0.2, 0.25) is 0 Å². The fourth-order valence-electron chi connectivity index (χ4n) is 1.68. The lowest BCUT2D eigenvalue weighted by Crippen LogP contribution is -2.24. The highest BCUT2D eigenvalue weighted by molar-refractivity contribution is 9.10. The van der Waals surface area contributed by atoms with Gasteiger partial charge in [0.05, 0.1) is 16.7 Å². The number of nitrogens with zero attached hydrogens (tertiary/aromatic N) is 2. The second-order valence-corrected chi connectivity index (χ2v) is 6.95. The summed E-state index contributed by atoms with van der Waals surface area (Å²) >= 11 is 3.34. The fourth-order valence-corrected chi connectivity index (χ4v) is 3.49. The molecular formula is C8H12BrN3OS. The van der Waals surface area contributed by atoms with Crippen molar-refractivity contribution in [2.45, 2.75) is 18.9 Å². The van der Waals surface area contributed by atoms with Gasteiger partial charge in [0.15, 0.2) is 0 Å². The summed E-state index contributed by atoms with van der Waals surface area (Å²) in [5, 5.41) is 4.20. The van der Waals surface area contributed by atoms with Crippen LogP contribution in [0.4, 0.5) is 0 Å². The van der Waals surface area contributed by atoms with Gasteiger partial charge in [-0.15, -0.1) is 0 Å². The second-order valence-electron chi connectivity index (χ2n) is 3.59. The van der Waals surface area contributed by atoms with Gasteiger partial charge in [0.2, 0.25) is 0 Å². The van der Waals surface area contributed by atoms with Crippen molar-refractivity contribution in [2.75, 3.05) is 11.5 Å². The zero-order chi connectivity index (χ0) is 10.2. The minimum absolute atomic E-state index is 0.321. The topological polar surface area (TPSA) is 58.7 Å². The lowest BCUT2D eigenvalue weighted by Gasteiger charge is -2.23. The van der Waals surface area contributed by atoms with Gasteiger partial charge in [-0.25, -0.2) is 4.21 Å². The Morgan fingerprint density at radius 3 is 2.71 bits per heavy atom. The highest BCUT2D eigenvalue weighted by atomic mass is 79.9. The smallest absolute Gasteiger partial charge is 0.0632 e. The average Bonchev–Trinajstić information content (AvgIpc) is 2.52. The minimum atomic E-state index is -2.27. The summed E-state index contributed by atoms with van der Waals surface area (Å²) in [6.45, 7) is 0. The highest BCUT2D eigenvalue weighted by Crippen LogP contribution is 2.24. The van der Waals surface area contributed by atoms with E-state index in [-0.39, 0.29) is 0 Å². The largest absolute Gasteiger partial charge is 0.268 e. The molecule has 1 aromatic rings. The second kappa shape index (κ2) is 3.66. The molecule has 2 heterocycles. The molecule has 0 unspecified atom stereocenters. The van der Waals surface area contributed by atoms with Crippen molar-refractivity contribution in [1.82, 2.24) is 9.78 Å². The maximum absolute atomic E-state index is 11.4. The van der Waals surface area contributed by atoms with E-state index in [1.807, 2.05) is 10.9 Å². The molecule has 1 aromatic heterocycles. The molecule has 2 rings (SSSR count). The van der Waals surface area contributed by atoms with Crippen LogP contribution in [-0.4, -0.2) is 25.5 Å². The van der Waals surface area contributed by atoms with Crippen molar-refractivity contribution in [3.63, 3.8) is 0 Å². The molecule has 0 bridgehead atoms. The Balaban J connectivity index is 2.09. The first-order chi connectivity index (χ1) is 6.57. The van der Waals surface area contributed by atoms with Gasteiger partial charge in [0.25, 0.3) is 0 Å². The van der Waals surface area contributed by atoms with E-state index in [9.17, 15) is 4.21 Å². The number of rotatable bonds is 1. The van der Waals surface area contributed by atoms with E-state index in [0.717, 1.165) is 17.3 Å². The molecule has 0 aromatic carbocycles. The normalized spacial score (nSPS) is 33.1. The van der Waals surface area contributed by atoms with Gasteiger partial charge in [0, 0.05) is 27.4 Å². The molecule has 0 aliphatic carbocycles. The molecule has 4 nitrogen and oxygen atoms in total. The van der Waals surface area contributed by atoms with Crippen LogP contribution in [0.25, 0.3) is 0 Å². The third kappa shape index (κ3) is 2.17. The summed E-state index contributed by atoms with van der Waals surface area (Å²) in [5.41, 5.74) is 0. The monoisotopic (exact) mass is 277 g/mol. The molecular weight excluding hydrogens is 266 g/mol. The maximum atomic E-state index is 11.4. The zero-order valence-electron chi connectivity index (χ0n) is 7.65. The predicted octanol–water partition coefficient (Wildman–Crippen LogP) is 2.03. The van der Waals surface area contributed by atoms with Gasteiger partial charge in [-0.05, 0) is 28.8 Å². The van der Waals surface area contributed by atoms with Crippen molar-refractivity contribution in [3.05, 3.63) is 16.9 Å². The summed E-state index contributed by atoms with van der Waals surface area (Å²) in [7, 11) is -2.27. The molecule has 78 valence electrons. The Labute approximate surface area is 91.8 Å². The highest BCUT2D eigenvalue weighted by Gasteiger charge is 2.22. The lowest BCUT2D eigenvalue weighted by molar-refractivity contribution is 0.420. The average molecular weight is 278 g/mol. The van der Waals surface area contributed by atoms with Crippen LogP contribution in [0.3, 0.4) is 0 Å². The number of aromatic nitrogens is 2. The van der Waals surface area contributed by atoms with Crippen molar-refractivity contribution in [3.8, 4) is 0 Å². The molecule has 1 saturated heterocycles. The van der Waals surface area contributed by atoms with Gasteiger partial charge in [-0.1, -0.05) is 0 Å². The quantitative estimate of drug-likeness (QED) is 0.854. The van der Waals surface area contributed by atoms with Crippen molar-refractivity contribution >= 4 is 25.7 Å². The number of nitrogens with one attached hydrogen (secondary N) is 1. The third-order valence-electron chi connectivity index (χ3n) is 2.51. The molecule has 0 saturated carbocycles. The van der Waals surface area contributed by atoms with Crippen LogP contribution in [-0.2, 0) is 9.73 Å². The van der Waals surface area contributed by atoms with Crippen LogP contribution >= 0.6 is 15.9 Å². The summed E-state index contributed by atoms with van der Waals surface area (Å²) in [6, 6.07) is 0.321. The van der Waals surface area contributed by atoms with Crippen LogP contribution < -0.4 is 0 Å². The Morgan fingerprint density at radius 1 is 1.57 bits per heavy atom. The van der Waals surface area contributed by atoms with Crippen molar-refractivity contribution < 1.29 is 4.21 Å². The van der Waals surface area contributed by atoms with E-state index < -0.39 is 9.73 Å². The molecule has 0 atom stereocenters. The van der Waals surface area contributed by atoms with E-state index >= 15 is 0 Å². The van der Waals surface area contributed by atoms with E-state index in [1.165, 1.54) is 0 Å². The zero-order valence-corrected chi connectivity index (χ0v) is 10.1. The molecule has 1 aliphatic heterocycles. The standard InChI is InChI=1S/C8H12BrN3OS/c9-7-5-11-12(6-7)8-1-3-14(10,13)4-2-8/h5-6,8,10H,1-4H2. The van der Waals surface area contributed by atoms with E-state index in [2.05, 4.69) is 21.0 Å². The van der Waals surface area contributed by atoms with Gasteiger partial charge in [-0.2, -0.15) is 5.10 Å². The van der Waals surface area contributed by atoms with Crippen LogP contribution in [0, 0.1) is 4.78 Å². The number of halogens is 1. The van der Waals surface area contributed by atoms with Gasteiger partial charge in [-0.3, -0.25) is 9.46 Å². The van der Waals surface area contributed by atoms with E-state index in [1.54, 1.807) is 6.20 Å². The summed E-state index contributed by atoms with van der Waals surface area (Å²) in [6.07, 6.45) is 5.29. The first-order valence-electron chi connectivity index (χ1n) is 4.51. The first kappa shape index (κ1) is 10.2. The first-order valence-corrected chi connectivity index (χ1v) is 7.19. The van der Waals surface area contributed by atoms with E-state index in [0.29, 0.717) is 17.5 Å². The molecule has 1 N–H and O–H groups in total. The Morgan fingerprint density at radius 2 is 2.21 bits per heavy atom. The molecule has 1 fully saturated rings. The van der Waals surface area contributed by atoms with Crippen molar-refractivity contribution in [1.29, 1.82) is 4.78 Å².